The predicted octanol–water partition coefficient (Wildman–Crippen LogP) is 4.10. The van der Waals surface area contributed by atoms with Crippen molar-refractivity contribution in [3.8, 4) is 11.8 Å². The number of benzene rings is 2. The Morgan fingerprint density at radius 2 is 1.88 bits per heavy atom. The van der Waals surface area contributed by atoms with Crippen LogP contribution in [0.4, 0.5) is 5.69 Å². The van der Waals surface area contributed by atoms with Crippen molar-refractivity contribution in [2.45, 2.75) is 26.3 Å². The van der Waals surface area contributed by atoms with E-state index in [4.69, 9.17) is 16.9 Å². The smallest absolute Gasteiger partial charge is 0.248 e. The maximum Gasteiger partial charge on any atom is 0.248 e. The van der Waals surface area contributed by atoms with Crippen molar-refractivity contribution in [1.82, 2.24) is 14.7 Å². The standard InChI is InChI=1S/C24H22ClN5O2S/c1-15-21(16(2)30(28-15)20-9-5-18(25)6-10-20)11-23(31)29-14-33-13-22(29)24(32)27-19-7-3-17(12-26)4-8-19/h3-10,22H,11,13-14H2,1-2H3,(H,27,32). The van der Waals surface area contributed by atoms with Crippen molar-refractivity contribution in [3.63, 3.8) is 0 Å². The lowest BCUT2D eigenvalue weighted by molar-refractivity contribution is -0.135. The summed E-state index contributed by atoms with van der Waals surface area (Å²) in [4.78, 5) is 27.7. The van der Waals surface area contributed by atoms with Crippen molar-refractivity contribution < 1.29 is 9.59 Å². The van der Waals surface area contributed by atoms with E-state index in [1.165, 1.54) is 0 Å². The van der Waals surface area contributed by atoms with Gasteiger partial charge in [-0.2, -0.15) is 10.4 Å². The lowest BCUT2D eigenvalue weighted by atomic mass is 10.1. The van der Waals surface area contributed by atoms with E-state index in [0.717, 1.165) is 22.6 Å². The molecule has 4 rings (SSSR count). The van der Waals surface area contributed by atoms with Crippen LogP contribution in [0.25, 0.3) is 5.69 Å². The first-order valence-electron chi connectivity index (χ1n) is 10.4. The van der Waals surface area contributed by atoms with Crippen molar-refractivity contribution in [3.05, 3.63) is 76.1 Å². The number of halogens is 1. The molecule has 33 heavy (non-hydrogen) atoms. The largest absolute Gasteiger partial charge is 0.324 e. The first-order chi connectivity index (χ1) is 15.9. The number of aromatic nitrogens is 2. The molecule has 3 aromatic rings. The number of nitrogens with zero attached hydrogens (tertiary/aromatic N) is 4. The summed E-state index contributed by atoms with van der Waals surface area (Å²) in [6.07, 6.45) is 0.173. The van der Waals surface area contributed by atoms with Crippen LogP contribution in [0.2, 0.25) is 5.02 Å². The Morgan fingerprint density at radius 3 is 2.55 bits per heavy atom. The van der Waals surface area contributed by atoms with E-state index in [9.17, 15) is 9.59 Å². The van der Waals surface area contributed by atoms with Crippen LogP contribution in [-0.4, -0.2) is 44.2 Å². The molecule has 0 saturated carbocycles. The molecule has 1 saturated heterocycles. The quantitative estimate of drug-likeness (QED) is 0.595. The van der Waals surface area contributed by atoms with Crippen LogP contribution in [0.15, 0.2) is 48.5 Å². The molecule has 2 aromatic carbocycles. The highest BCUT2D eigenvalue weighted by Gasteiger charge is 2.35. The first-order valence-corrected chi connectivity index (χ1v) is 11.9. The molecule has 1 atom stereocenters. The second kappa shape index (κ2) is 9.69. The molecule has 7 nitrogen and oxygen atoms in total. The number of rotatable bonds is 5. The number of thioether (sulfide) groups is 1. The molecule has 9 heteroatoms. The maximum atomic E-state index is 13.2. The molecule has 1 aliphatic rings. The summed E-state index contributed by atoms with van der Waals surface area (Å²) in [6, 6.07) is 15.5. The minimum atomic E-state index is -0.551. The van der Waals surface area contributed by atoms with Crippen LogP contribution < -0.4 is 5.32 Å². The molecule has 1 N–H and O–H groups in total. The molecule has 1 fully saturated rings. The highest BCUT2D eigenvalue weighted by molar-refractivity contribution is 7.99. The van der Waals surface area contributed by atoms with Crippen molar-refractivity contribution in [2.75, 3.05) is 16.9 Å². The highest BCUT2D eigenvalue weighted by atomic mass is 35.5. The Kier molecular flexibility index (Phi) is 6.72. The molecule has 0 spiro atoms. The van der Waals surface area contributed by atoms with Crippen LogP contribution in [0, 0.1) is 25.2 Å². The van der Waals surface area contributed by atoms with Gasteiger partial charge in [-0.15, -0.1) is 11.8 Å². The third-order valence-corrected chi connectivity index (χ3v) is 6.89. The summed E-state index contributed by atoms with van der Waals surface area (Å²) in [7, 11) is 0. The van der Waals surface area contributed by atoms with E-state index in [1.54, 1.807) is 53.1 Å². The van der Waals surface area contributed by atoms with Crippen molar-refractivity contribution in [1.29, 1.82) is 5.26 Å². The zero-order valence-corrected chi connectivity index (χ0v) is 19.8. The maximum absolute atomic E-state index is 13.2. The summed E-state index contributed by atoms with van der Waals surface area (Å²) < 4.78 is 1.81. The van der Waals surface area contributed by atoms with Gasteiger partial charge in [0, 0.05) is 27.7 Å². The summed E-state index contributed by atoms with van der Waals surface area (Å²) in [5.41, 5.74) is 4.51. The molecular weight excluding hydrogens is 458 g/mol. The SMILES string of the molecule is Cc1nn(-c2ccc(Cl)cc2)c(C)c1CC(=O)N1CSCC1C(=O)Nc1ccc(C#N)cc1. The minimum absolute atomic E-state index is 0.109. The van der Waals surface area contributed by atoms with E-state index in [1.807, 2.05) is 36.7 Å². The number of hydrogen-bond donors (Lipinski definition) is 1. The number of nitrogens with one attached hydrogen (secondary N) is 1. The van der Waals surface area contributed by atoms with E-state index in [0.29, 0.717) is 27.9 Å². The van der Waals surface area contributed by atoms with Crippen LogP contribution in [-0.2, 0) is 16.0 Å². The summed E-state index contributed by atoms with van der Waals surface area (Å²) in [6.45, 7) is 3.82. The van der Waals surface area contributed by atoms with Gasteiger partial charge in [-0.3, -0.25) is 9.59 Å². The Morgan fingerprint density at radius 1 is 1.18 bits per heavy atom. The second-order valence-corrected chi connectivity index (χ2v) is 9.21. The lowest BCUT2D eigenvalue weighted by Gasteiger charge is -2.23. The Balaban J connectivity index is 1.48. The van der Waals surface area contributed by atoms with Gasteiger partial charge in [0.1, 0.15) is 6.04 Å². The average molecular weight is 480 g/mol. The third-order valence-electron chi connectivity index (χ3n) is 5.63. The number of carbonyl (C=O) groups is 2. The Hall–Kier alpha value is -3.28. The van der Waals surface area contributed by atoms with Gasteiger partial charge in [0.2, 0.25) is 11.8 Å². The fourth-order valence-electron chi connectivity index (χ4n) is 3.78. The third kappa shape index (κ3) is 4.90. The van der Waals surface area contributed by atoms with Gasteiger partial charge in [-0.25, -0.2) is 4.68 Å². The average Bonchev–Trinajstić information content (AvgIpc) is 3.41. The highest BCUT2D eigenvalue weighted by Crippen LogP contribution is 2.26. The van der Waals surface area contributed by atoms with Crippen LogP contribution in [0.1, 0.15) is 22.5 Å². The fraction of sp³-hybridized carbons (Fsp3) is 0.250. The number of nitriles is 1. The van der Waals surface area contributed by atoms with Crippen LogP contribution in [0.3, 0.4) is 0 Å². The van der Waals surface area contributed by atoms with Crippen LogP contribution in [0.5, 0.6) is 0 Å². The number of carbonyl (C=O) groups excluding carboxylic acids is 2. The zero-order chi connectivity index (χ0) is 23.5. The van der Waals surface area contributed by atoms with E-state index >= 15 is 0 Å². The Bertz CT molecular complexity index is 1230. The minimum Gasteiger partial charge on any atom is -0.324 e. The van der Waals surface area contributed by atoms with E-state index in [-0.39, 0.29) is 18.2 Å². The number of anilines is 1. The van der Waals surface area contributed by atoms with Gasteiger partial charge in [-0.05, 0) is 62.4 Å². The van der Waals surface area contributed by atoms with Crippen molar-refractivity contribution >= 4 is 40.9 Å². The number of amides is 2. The lowest BCUT2D eigenvalue weighted by Crippen LogP contribution is -2.45. The van der Waals surface area contributed by atoms with Gasteiger partial charge in [0.05, 0.1) is 35.3 Å². The monoisotopic (exact) mass is 479 g/mol. The van der Waals surface area contributed by atoms with Crippen molar-refractivity contribution in [2.24, 2.45) is 0 Å². The fourth-order valence-corrected chi connectivity index (χ4v) is 5.08. The van der Waals surface area contributed by atoms with Gasteiger partial charge < -0.3 is 10.2 Å². The predicted molar refractivity (Wildman–Crippen MR) is 129 cm³/mol. The summed E-state index contributed by atoms with van der Waals surface area (Å²) in [5.74, 6) is 0.661. The van der Waals surface area contributed by atoms with E-state index in [2.05, 4.69) is 10.4 Å². The molecule has 0 radical (unpaired) electrons. The summed E-state index contributed by atoms with van der Waals surface area (Å²) >= 11 is 7.55. The van der Waals surface area contributed by atoms with E-state index < -0.39 is 6.04 Å². The number of hydrogen-bond acceptors (Lipinski definition) is 5. The molecular formula is C24H22ClN5O2S. The molecule has 2 heterocycles. The van der Waals surface area contributed by atoms with Gasteiger partial charge >= 0.3 is 0 Å². The normalized spacial score (nSPS) is 15.3. The number of aryl methyl sites for hydroxylation is 1. The first kappa shape index (κ1) is 22.9. The molecule has 2 amide bonds. The Labute approximate surface area is 201 Å². The molecule has 0 aliphatic carbocycles. The second-order valence-electron chi connectivity index (χ2n) is 7.77. The molecule has 0 bridgehead atoms. The van der Waals surface area contributed by atoms with Crippen LogP contribution >= 0.6 is 23.4 Å². The molecule has 168 valence electrons. The zero-order valence-electron chi connectivity index (χ0n) is 18.2. The van der Waals surface area contributed by atoms with Gasteiger partial charge in [0.15, 0.2) is 0 Å². The topological polar surface area (TPSA) is 91.0 Å². The molecule has 1 aromatic heterocycles. The van der Waals surface area contributed by atoms with Gasteiger partial charge in [-0.1, -0.05) is 11.6 Å². The molecule has 1 unspecified atom stereocenters. The van der Waals surface area contributed by atoms with Gasteiger partial charge in [0.25, 0.3) is 0 Å². The molecule has 1 aliphatic heterocycles. The summed E-state index contributed by atoms with van der Waals surface area (Å²) in [5, 5.41) is 17.0.